The van der Waals surface area contributed by atoms with Crippen molar-refractivity contribution in [3.63, 3.8) is 0 Å². The fourth-order valence-corrected chi connectivity index (χ4v) is 2.96. The number of fused-ring (bicyclic) bond motifs is 1. The molecular weight excluding hydrogens is 236 g/mol. The van der Waals surface area contributed by atoms with Crippen LogP contribution in [0.5, 0.6) is 0 Å². The van der Waals surface area contributed by atoms with Crippen LogP contribution in [0.4, 0.5) is 5.69 Å². The Kier molecular flexibility index (Phi) is 3.65. The van der Waals surface area contributed by atoms with Crippen LogP contribution in [0.15, 0.2) is 36.7 Å². The van der Waals surface area contributed by atoms with Gasteiger partial charge in [-0.15, -0.1) is 0 Å². The molecule has 1 saturated carbocycles. The van der Waals surface area contributed by atoms with Crippen molar-refractivity contribution in [3.8, 4) is 0 Å². The summed E-state index contributed by atoms with van der Waals surface area (Å²) in [6.45, 7) is 0. The van der Waals surface area contributed by atoms with Gasteiger partial charge in [-0.2, -0.15) is 0 Å². The van der Waals surface area contributed by atoms with E-state index in [1.807, 2.05) is 19.5 Å². The van der Waals surface area contributed by atoms with Gasteiger partial charge in [0, 0.05) is 42.0 Å². The molecule has 2 aromatic rings. The van der Waals surface area contributed by atoms with E-state index in [1.165, 1.54) is 35.7 Å². The third-order valence-corrected chi connectivity index (χ3v) is 4.00. The maximum Gasteiger partial charge on any atom is 0.0590 e. The van der Waals surface area contributed by atoms with Crippen molar-refractivity contribution >= 4 is 16.5 Å². The SMILES string of the molecule is COC1CCCC(Nc2cccc3cnccc23)C1. The highest BCUT2D eigenvalue weighted by Gasteiger charge is 2.21. The number of methoxy groups -OCH3 is 1. The van der Waals surface area contributed by atoms with Gasteiger partial charge in [0.15, 0.2) is 0 Å². The van der Waals surface area contributed by atoms with Crippen molar-refractivity contribution in [3.05, 3.63) is 36.7 Å². The molecule has 1 aliphatic rings. The molecule has 0 spiro atoms. The molecule has 1 heterocycles. The topological polar surface area (TPSA) is 34.1 Å². The lowest BCUT2D eigenvalue weighted by Gasteiger charge is -2.29. The Bertz CT molecular complexity index is 550. The van der Waals surface area contributed by atoms with Crippen LogP contribution in [0, 0.1) is 0 Å². The first-order valence-corrected chi connectivity index (χ1v) is 6.99. The van der Waals surface area contributed by atoms with E-state index in [0.717, 1.165) is 6.42 Å². The zero-order chi connectivity index (χ0) is 13.1. The van der Waals surface area contributed by atoms with Gasteiger partial charge in [0.25, 0.3) is 0 Å². The molecule has 1 aliphatic carbocycles. The first kappa shape index (κ1) is 12.4. The van der Waals surface area contributed by atoms with Gasteiger partial charge in [-0.05, 0) is 37.8 Å². The number of rotatable bonds is 3. The van der Waals surface area contributed by atoms with E-state index in [-0.39, 0.29) is 0 Å². The molecule has 0 radical (unpaired) electrons. The molecule has 3 heteroatoms. The van der Waals surface area contributed by atoms with Crippen LogP contribution in [-0.2, 0) is 4.74 Å². The molecule has 19 heavy (non-hydrogen) atoms. The summed E-state index contributed by atoms with van der Waals surface area (Å²) >= 11 is 0. The molecule has 3 nitrogen and oxygen atoms in total. The quantitative estimate of drug-likeness (QED) is 0.911. The Labute approximate surface area is 114 Å². The molecule has 2 atom stereocenters. The van der Waals surface area contributed by atoms with Crippen LogP contribution in [0.1, 0.15) is 25.7 Å². The highest BCUT2D eigenvalue weighted by Crippen LogP contribution is 2.27. The second kappa shape index (κ2) is 5.57. The number of nitrogens with one attached hydrogen (secondary N) is 1. The molecule has 0 saturated heterocycles. The number of nitrogens with zero attached hydrogens (tertiary/aromatic N) is 1. The molecule has 1 N–H and O–H groups in total. The maximum absolute atomic E-state index is 5.50. The minimum atomic E-state index is 0.405. The van der Waals surface area contributed by atoms with Crippen molar-refractivity contribution in [1.82, 2.24) is 4.98 Å². The molecule has 2 unspecified atom stereocenters. The third-order valence-electron chi connectivity index (χ3n) is 4.00. The first-order chi connectivity index (χ1) is 9.36. The lowest BCUT2D eigenvalue weighted by atomic mass is 9.92. The van der Waals surface area contributed by atoms with E-state index >= 15 is 0 Å². The molecule has 0 aliphatic heterocycles. The summed E-state index contributed by atoms with van der Waals surface area (Å²) in [6, 6.07) is 8.93. The molecule has 1 aromatic heterocycles. The van der Waals surface area contributed by atoms with Crippen molar-refractivity contribution < 1.29 is 4.74 Å². The van der Waals surface area contributed by atoms with E-state index in [2.05, 4.69) is 34.6 Å². The summed E-state index contributed by atoms with van der Waals surface area (Å²) in [6.07, 6.45) is 8.92. The summed E-state index contributed by atoms with van der Waals surface area (Å²) < 4.78 is 5.50. The summed E-state index contributed by atoms with van der Waals surface area (Å²) in [5.74, 6) is 0. The zero-order valence-corrected chi connectivity index (χ0v) is 11.3. The van der Waals surface area contributed by atoms with Crippen molar-refractivity contribution in [2.75, 3.05) is 12.4 Å². The summed E-state index contributed by atoms with van der Waals surface area (Å²) in [5, 5.41) is 6.11. The molecular formula is C16H20N2O. The number of pyridine rings is 1. The predicted molar refractivity (Wildman–Crippen MR) is 78.4 cm³/mol. The fraction of sp³-hybridized carbons (Fsp3) is 0.438. The molecule has 3 rings (SSSR count). The van der Waals surface area contributed by atoms with Crippen molar-refractivity contribution in [2.45, 2.75) is 37.8 Å². The Hall–Kier alpha value is -1.61. The monoisotopic (exact) mass is 256 g/mol. The summed E-state index contributed by atoms with van der Waals surface area (Å²) in [5.41, 5.74) is 1.21. The van der Waals surface area contributed by atoms with Gasteiger partial charge in [-0.25, -0.2) is 0 Å². The standard InChI is InChI=1S/C16H20N2O/c1-19-14-6-3-5-13(10-14)18-16-7-2-4-12-11-17-9-8-15(12)16/h2,4,7-9,11,13-14,18H,3,5-6,10H2,1H3. The van der Waals surface area contributed by atoms with Crippen LogP contribution in [-0.4, -0.2) is 24.2 Å². The zero-order valence-electron chi connectivity index (χ0n) is 11.3. The average Bonchev–Trinajstić information content (AvgIpc) is 2.48. The minimum Gasteiger partial charge on any atom is -0.382 e. The summed E-state index contributed by atoms with van der Waals surface area (Å²) in [4.78, 5) is 4.18. The van der Waals surface area contributed by atoms with E-state index in [4.69, 9.17) is 4.74 Å². The third kappa shape index (κ3) is 2.71. The highest BCUT2D eigenvalue weighted by molar-refractivity contribution is 5.93. The van der Waals surface area contributed by atoms with Gasteiger partial charge in [0.05, 0.1) is 6.10 Å². The largest absolute Gasteiger partial charge is 0.382 e. The maximum atomic E-state index is 5.50. The number of hydrogen-bond donors (Lipinski definition) is 1. The first-order valence-electron chi connectivity index (χ1n) is 6.99. The molecule has 0 bridgehead atoms. The normalized spacial score (nSPS) is 23.4. The number of anilines is 1. The minimum absolute atomic E-state index is 0.405. The Morgan fingerprint density at radius 3 is 3.11 bits per heavy atom. The number of ether oxygens (including phenoxy) is 1. The van der Waals surface area contributed by atoms with Crippen LogP contribution in [0.25, 0.3) is 10.8 Å². The Morgan fingerprint density at radius 2 is 2.21 bits per heavy atom. The van der Waals surface area contributed by atoms with E-state index in [1.54, 1.807) is 0 Å². The smallest absolute Gasteiger partial charge is 0.0590 e. The fourth-order valence-electron chi connectivity index (χ4n) is 2.96. The number of benzene rings is 1. The lowest BCUT2D eigenvalue weighted by Crippen LogP contribution is -2.31. The van der Waals surface area contributed by atoms with Gasteiger partial charge in [-0.1, -0.05) is 12.1 Å². The highest BCUT2D eigenvalue weighted by atomic mass is 16.5. The van der Waals surface area contributed by atoms with Gasteiger partial charge in [-0.3, -0.25) is 4.98 Å². The van der Waals surface area contributed by atoms with Crippen LogP contribution in [0.2, 0.25) is 0 Å². The van der Waals surface area contributed by atoms with Crippen LogP contribution >= 0.6 is 0 Å². The van der Waals surface area contributed by atoms with Gasteiger partial charge < -0.3 is 10.1 Å². The number of hydrogen-bond acceptors (Lipinski definition) is 3. The average molecular weight is 256 g/mol. The van der Waals surface area contributed by atoms with Crippen LogP contribution in [0.3, 0.4) is 0 Å². The van der Waals surface area contributed by atoms with Gasteiger partial charge in [0.1, 0.15) is 0 Å². The van der Waals surface area contributed by atoms with Gasteiger partial charge in [0.2, 0.25) is 0 Å². The molecule has 1 aromatic carbocycles. The molecule has 100 valence electrons. The summed E-state index contributed by atoms with van der Waals surface area (Å²) in [7, 11) is 1.82. The number of aromatic nitrogens is 1. The van der Waals surface area contributed by atoms with E-state index in [9.17, 15) is 0 Å². The van der Waals surface area contributed by atoms with E-state index in [0.29, 0.717) is 12.1 Å². The lowest BCUT2D eigenvalue weighted by molar-refractivity contribution is 0.0669. The van der Waals surface area contributed by atoms with Crippen molar-refractivity contribution in [2.24, 2.45) is 0 Å². The van der Waals surface area contributed by atoms with Crippen LogP contribution < -0.4 is 5.32 Å². The second-order valence-electron chi connectivity index (χ2n) is 5.27. The Balaban J connectivity index is 1.81. The van der Waals surface area contributed by atoms with E-state index < -0.39 is 0 Å². The molecule has 1 fully saturated rings. The Morgan fingerprint density at radius 1 is 1.26 bits per heavy atom. The van der Waals surface area contributed by atoms with Gasteiger partial charge >= 0.3 is 0 Å². The van der Waals surface area contributed by atoms with Crippen molar-refractivity contribution in [1.29, 1.82) is 0 Å². The molecule has 0 amide bonds. The second-order valence-corrected chi connectivity index (χ2v) is 5.27. The predicted octanol–water partition coefficient (Wildman–Crippen LogP) is 3.60.